The van der Waals surface area contributed by atoms with Gasteiger partial charge >= 0.3 is 0 Å². The predicted octanol–water partition coefficient (Wildman–Crippen LogP) is 5.55. The Morgan fingerprint density at radius 2 is 2.12 bits per heavy atom. The summed E-state index contributed by atoms with van der Waals surface area (Å²) in [5.41, 5.74) is 3.24. The van der Waals surface area contributed by atoms with Crippen LogP contribution in [0, 0.1) is 0 Å². The van der Waals surface area contributed by atoms with Gasteiger partial charge in [0.2, 0.25) is 0 Å². The molecule has 4 rings (SSSR count). The second-order valence-electron chi connectivity index (χ2n) is 5.68. The number of nitrogens with zero attached hydrogens (tertiary/aromatic N) is 2. The molecular weight excluding hydrogens is 370 g/mol. The zero-order chi connectivity index (χ0) is 17.4. The van der Waals surface area contributed by atoms with E-state index in [4.69, 9.17) is 0 Å². The summed E-state index contributed by atoms with van der Waals surface area (Å²) < 4.78 is 2.14. The lowest BCUT2D eigenvalue weighted by Gasteiger charge is -2.19. The summed E-state index contributed by atoms with van der Waals surface area (Å²) in [7, 11) is 2.05. The molecule has 0 spiro atoms. The van der Waals surface area contributed by atoms with Crippen LogP contribution in [0.1, 0.15) is 17.9 Å². The van der Waals surface area contributed by atoms with E-state index in [1.165, 1.54) is 0 Å². The third-order valence-electron chi connectivity index (χ3n) is 3.91. The molecular formula is C18H17N3OS3. The number of aliphatic hydroxyl groups is 1. The maximum absolute atomic E-state index is 9.92. The predicted molar refractivity (Wildman–Crippen MR) is 109 cm³/mol. The summed E-state index contributed by atoms with van der Waals surface area (Å²) in [5, 5.41) is 16.1. The number of anilines is 1. The lowest BCUT2D eigenvalue weighted by atomic mass is 10.2. The van der Waals surface area contributed by atoms with Gasteiger partial charge in [0.25, 0.3) is 0 Å². The van der Waals surface area contributed by atoms with Crippen LogP contribution in [0.4, 0.5) is 5.69 Å². The number of hydrogen-bond acceptors (Lipinski definition) is 6. The van der Waals surface area contributed by atoms with Gasteiger partial charge in [0.15, 0.2) is 0 Å². The number of fused-ring (bicyclic) bond motifs is 1. The van der Waals surface area contributed by atoms with Crippen molar-refractivity contribution in [3.8, 4) is 10.7 Å². The van der Waals surface area contributed by atoms with Crippen molar-refractivity contribution < 1.29 is 5.11 Å². The van der Waals surface area contributed by atoms with Crippen molar-refractivity contribution in [1.82, 2.24) is 9.97 Å². The third-order valence-corrected chi connectivity index (χ3v) is 6.95. The van der Waals surface area contributed by atoms with Crippen molar-refractivity contribution in [1.29, 1.82) is 0 Å². The van der Waals surface area contributed by atoms with E-state index in [2.05, 4.69) is 44.6 Å². The summed E-state index contributed by atoms with van der Waals surface area (Å²) in [6.45, 7) is 1.81. The minimum Gasteiger partial charge on any atom is -0.388 e. The Morgan fingerprint density at radius 3 is 2.88 bits per heavy atom. The molecule has 0 aliphatic heterocycles. The van der Waals surface area contributed by atoms with Crippen LogP contribution >= 0.6 is 34.6 Å². The fraction of sp³-hybridized carbons (Fsp3) is 0.167. The molecule has 7 heteroatoms. The molecule has 0 bridgehead atoms. The Morgan fingerprint density at radius 1 is 1.24 bits per heavy atom. The number of thiophene rings is 1. The molecule has 128 valence electrons. The molecule has 0 saturated carbocycles. The third kappa shape index (κ3) is 3.20. The van der Waals surface area contributed by atoms with E-state index in [9.17, 15) is 5.11 Å². The quantitative estimate of drug-likeness (QED) is 0.441. The first-order chi connectivity index (χ1) is 12.1. The average Bonchev–Trinajstić information content (AvgIpc) is 3.33. The molecule has 0 amide bonds. The summed E-state index contributed by atoms with van der Waals surface area (Å²) in [6.07, 6.45) is 1.37. The highest BCUT2D eigenvalue weighted by atomic mass is 32.2. The van der Waals surface area contributed by atoms with Gasteiger partial charge in [-0.1, -0.05) is 12.1 Å². The first-order valence-corrected chi connectivity index (χ1v) is 10.4. The van der Waals surface area contributed by atoms with Crippen LogP contribution in [0.15, 0.2) is 52.2 Å². The van der Waals surface area contributed by atoms with Gasteiger partial charge in [0.05, 0.1) is 23.0 Å². The first-order valence-electron chi connectivity index (χ1n) is 7.82. The van der Waals surface area contributed by atoms with E-state index < -0.39 is 6.10 Å². The van der Waals surface area contributed by atoms with E-state index in [1.807, 2.05) is 30.9 Å². The molecule has 25 heavy (non-hydrogen) atoms. The number of hydrogen-bond donors (Lipinski definition) is 2. The van der Waals surface area contributed by atoms with Crippen molar-refractivity contribution in [2.75, 3.05) is 11.4 Å². The van der Waals surface area contributed by atoms with Gasteiger partial charge in [-0.05, 0) is 42.5 Å². The normalized spacial score (nSPS) is 12.6. The van der Waals surface area contributed by atoms with Crippen molar-refractivity contribution in [2.45, 2.75) is 17.9 Å². The first kappa shape index (κ1) is 16.7. The Kier molecular flexibility index (Phi) is 4.56. The van der Waals surface area contributed by atoms with Gasteiger partial charge in [-0.3, -0.25) is 0 Å². The van der Waals surface area contributed by atoms with Gasteiger partial charge in [-0.15, -0.1) is 22.7 Å². The number of aliphatic hydroxyl groups excluding tert-OH is 1. The van der Waals surface area contributed by atoms with E-state index in [-0.39, 0.29) is 0 Å². The smallest absolute Gasteiger partial charge is 0.139 e. The summed E-state index contributed by atoms with van der Waals surface area (Å²) in [4.78, 5) is 9.99. The molecule has 3 aromatic heterocycles. The molecule has 2 N–H and O–H groups in total. The highest BCUT2D eigenvalue weighted by molar-refractivity contribution is 8.00. The SMILES string of the molecule is CC(O)c1sccc1SN(C)c1cccc2cc(-c3nccs3)[nH]c12. The van der Waals surface area contributed by atoms with Crippen molar-refractivity contribution >= 4 is 51.2 Å². The van der Waals surface area contributed by atoms with Gasteiger partial charge in [0, 0.05) is 33.8 Å². The highest BCUT2D eigenvalue weighted by Gasteiger charge is 2.16. The van der Waals surface area contributed by atoms with E-state index in [0.29, 0.717) is 0 Å². The maximum Gasteiger partial charge on any atom is 0.139 e. The monoisotopic (exact) mass is 387 g/mol. The van der Waals surface area contributed by atoms with Crippen LogP contribution in [0.5, 0.6) is 0 Å². The van der Waals surface area contributed by atoms with E-state index in [0.717, 1.165) is 37.1 Å². The van der Waals surface area contributed by atoms with Crippen LogP contribution in [0.3, 0.4) is 0 Å². The molecule has 3 heterocycles. The highest BCUT2D eigenvalue weighted by Crippen LogP contribution is 2.38. The molecule has 1 aromatic carbocycles. The van der Waals surface area contributed by atoms with Crippen molar-refractivity contribution in [3.63, 3.8) is 0 Å². The zero-order valence-electron chi connectivity index (χ0n) is 13.8. The minimum atomic E-state index is -0.450. The van der Waals surface area contributed by atoms with Crippen molar-refractivity contribution in [3.05, 3.63) is 52.2 Å². The number of aromatic nitrogens is 2. The van der Waals surface area contributed by atoms with Crippen LogP contribution in [-0.4, -0.2) is 22.1 Å². The summed E-state index contributed by atoms with van der Waals surface area (Å²) in [5.74, 6) is 0. The van der Waals surface area contributed by atoms with Gasteiger partial charge in [0.1, 0.15) is 5.01 Å². The number of benzene rings is 1. The van der Waals surface area contributed by atoms with Crippen LogP contribution < -0.4 is 4.31 Å². The molecule has 0 saturated heterocycles. The average molecular weight is 388 g/mol. The van der Waals surface area contributed by atoms with Crippen LogP contribution in [-0.2, 0) is 0 Å². The number of rotatable bonds is 5. The van der Waals surface area contributed by atoms with E-state index >= 15 is 0 Å². The van der Waals surface area contributed by atoms with Crippen LogP contribution in [0.2, 0.25) is 0 Å². The Balaban J connectivity index is 1.69. The topological polar surface area (TPSA) is 52.1 Å². The second-order valence-corrected chi connectivity index (χ2v) is 8.69. The summed E-state index contributed by atoms with van der Waals surface area (Å²) in [6, 6.07) is 10.5. The Labute approximate surface area is 158 Å². The van der Waals surface area contributed by atoms with Crippen molar-refractivity contribution in [2.24, 2.45) is 0 Å². The molecule has 4 nitrogen and oxygen atoms in total. The van der Waals surface area contributed by atoms with Crippen LogP contribution in [0.25, 0.3) is 21.6 Å². The fourth-order valence-corrected chi connectivity index (χ4v) is 5.38. The largest absolute Gasteiger partial charge is 0.388 e. The molecule has 0 radical (unpaired) electrons. The van der Waals surface area contributed by atoms with Gasteiger partial charge < -0.3 is 14.4 Å². The van der Waals surface area contributed by atoms with Gasteiger partial charge in [-0.2, -0.15) is 0 Å². The Bertz CT molecular complexity index is 988. The molecule has 0 aliphatic carbocycles. The number of para-hydroxylation sites is 1. The molecule has 0 fully saturated rings. The van der Waals surface area contributed by atoms with E-state index in [1.54, 1.807) is 34.6 Å². The number of H-pyrrole nitrogens is 1. The maximum atomic E-state index is 9.92. The minimum absolute atomic E-state index is 0.450. The number of thiazole rings is 1. The number of aromatic amines is 1. The molecule has 1 atom stereocenters. The zero-order valence-corrected chi connectivity index (χ0v) is 16.2. The molecule has 1 unspecified atom stereocenters. The van der Waals surface area contributed by atoms with Gasteiger partial charge in [-0.25, -0.2) is 4.98 Å². The molecule has 4 aromatic rings. The number of nitrogens with one attached hydrogen (secondary N) is 1. The lowest BCUT2D eigenvalue weighted by Crippen LogP contribution is -2.07. The second kappa shape index (κ2) is 6.84. The fourth-order valence-electron chi connectivity index (χ4n) is 2.76. The lowest BCUT2D eigenvalue weighted by molar-refractivity contribution is 0.200. The summed E-state index contributed by atoms with van der Waals surface area (Å²) >= 11 is 4.85. The molecule has 0 aliphatic rings. The standard InChI is InChI=1S/C18H17N3OS3/c1-11(22)17-15(6-8-23-17)25-21(2)14-5-3-4-12-10-13(20-16(12)14)18-19-7-9-24-18/h3-11,20,22H,1-2H3. The Hall–Kier alpha value is -1.80.